The molecule has 1 atom stereocenters. The van der Waals surface area contributed by atoms with Gasteiger partial charge in [-0.1, -0.05) is 0 Å². The normalized spacial score (nSPS) is 20.4. The van der Waals surface area contributed by atoms with E-state index in [1.165, 1.54) is 18.5 Å². The molecule has 2 aromatic rings. The zero-order valence-corrected chi connectivity index (χ0v) is 10.00. The van der Waals surface area contributed by atoms with Crippen molar-refractivity contribution in [1.29, 1.82) is 0 Å². The first-order chi connectivity index (χ1) is 7.84. The summed E-state index contributed by atoms with van der Waals surface area (Å²) < 4.78 is 2.00. The van der Waals surface area contributed by atoms with Crippen molar-refractivity contribution in [3.63, 3.8) is 0 Å². The molecule has 1 aliphatic rings. The zero-order valence-electron chi connectivity index (χ0n) is 9.18. The van der Waals surface area contributed by atoms with E-state index in [9.17, 15) is 0 Å². The Balaban J connectivity index is 1.90. The van der Waals surface area contributed by atoms with E-state index in [4.69, 9.17) is 0 Å². The molecule has 2 aromatic heterocycles. The molecule has 0 saturated carbocycles. The van der Waals surface area contributed by atoms with Crippen LogP contribution >= 0.6 is 11.3 Å². The van der Waals surface area contributed by atoms with Crippen molar-refractivity contribution in [3.05, 3.63) is 23.5 Å². The molecule has 1 fully saturated rings. The first kappa shape index (κ1) is 9.99. The van der Waals surface area contributed by atoms with Crippen molar-refractivity contribution >= 4 is 11.3 Å². The van der Waals surface area contributed by atoms with Crippen LogP contribution in [0, 0.1) is 0 Å². The second-order valence-corrected chi connectivity index (χ2v) is 4.95. The lowest BCUT2D eigenvalue weighted by molar-refractivity contribution is 0.632. The third kappa shape index (κ3) is 1.66. The van der Waals surface area contributed by atoms with Crippen molar-refractivity contribution in [2.45, 2.75) is 18.9 Å². The van der Waals surface area contributed by atoms with Gasteiger partial charge in [0.25, 0.3) is 0 Å². The Labute approximate surface area is 98.4 Å². The molecule has 0 spiro atoms. The molecule has 0 aliphatic carbocycles. The molecule has 0 bridgehead atoms. The number of nitrogens with one attached hydrogen (secondary N) is 1. The number of hydrogen-bond donors (Lipinski definition) is 1. The van der Waals surface area contributed by atoms with Crippen molar-refractivity contribution in [1.82, 2.24) is 19.9 Å². The predicted octanol–water partition coefficient (Wildman–Crippen LogP) is 1.97. The highest BCUT2D eigenvalue weighted by Crippen LogP contribution is 2.28. The van der Waals surface area contributed by atoms with Gasteiger partial charge in [0, 0.05) is 24.8 Å². The molecule has 4 nitrogen and oxygen atoms in total. The highest BCUT2D eigenvalue weighted by molar-refractivity contribution is 7.13. The van der Waals surface area contributed by atoms with E-state index in [0.29, 0.717) is 6.04 Å². The van der Waals surface area contributed by atoms with E-state index in [2.05, 4.69) is 20.7 Å². The predicted molar refractivity (Wildman–Crippen MR) is 64.3 cm³/mol. The summed E-state index contributed by atoms with van der Waals surface area (Å²) in [6.45, 7) is 1.11. The van der Waals surface area contributed by atoms with Gasteiger partial charge in [0.1, 0.15) is 0 Å². The van der Waals surface area contributed by atoms with Gasteiger partial charge in [-0.05, 0) is 19.4 Å². The molecular weight excluding hydrogens is 220 g/mol. The number of imidazole rings is 1. The molecule has 5 heteroatoms. The molecule has 3 rings (SSSR count). The lowest BCUT2D eigenvalue weighted by atomic mass is 10.2. The van der Waals surface area contributed by atoms with Crippen molar-refractivity contribution in [2.75, 3.05) is 6.54 Å². The zero-order chi connectivity index (χ0) is 11.0. The number of aryl methyl sites for hydroxylation is 1. The third-order valence-corrected chi connectivity index (χ3v) is 3.81. The molecule has 0 unspecified atom stereocenters. The number of nitrogens with zero attached hydrogens (tertiary/aromatic N) is 3. The molecule has 3 heterocycles. The summed E-state index contributed by atoms with van der Waals surface area (Å²) in [7, 11) is 2.00. The van der Waals surface area contributed by atoms with E-state index in [0.717, 1.165) is 17.4 Å². The number of aromatic nitrogens is 3. The number of rotatable bonds is 2. The summed E-state index contributed by atoms with van der Waals surface area (Å²) in [6, 6.07) is 0.449. The maximum absolute atomic E-state index is 4.67. The third-order valence-electron chi connectivity index (χ3n) is 2.95. The smallest absolute Gasteiger partial charge is 0.168 e. The monoisotopic (exact) mass is 234 g/mol. The van der Waals surface area contributed by atoms with Crippen LogP contribution in [0.4, 0.5) is 0 Å². The number of thiazole rings is 1. The molecule has 84 valence electrons. The summed E-state index contributed by atoms with van der Waals surface area (Å²) in [5, 5.41) is 6.62. The van der Waals surface area contributed by atoms with Crippen LogP contribution in [0.25, 0.3) is 10.8 Å². The highest BCUT2D eigenvalue weighted by Gasteiger charge is 2.19. The minimum atomic E-state index is 0.449. The van der Waals surface area contributed by atoms with Gasteiger partial charge >= 0.3 is 0 Å². The summed E-state index contributed by atoms with van der Waals surface area (Å²) in [5.41, 5.74) is 1.17. The summed E-state index contributed by atoms with van der Waals surface area (Å²) in [6.07, 6.45) is 6.21. The van der Waals surface area contributed by atoms with E-state index in [1.54, 1.807) is 11.3 Å². The minimum Gasteiger partial charge on any atom is -0.332 e. The quantitative estimate of drug-likeness (QED) is 0.864. The van der Waals surface area contributed by atoms with Gasteiger partial charge in [0.2, 0.25) is 0 Å². The molecule has 0 radical (unpaired) electrons. The average Bonchev–Trinajstić information content (AvgIpc) is 2.96. The summed E-state index contributed by atoms with van der Waals surface area (Å²) >= 11 is 1.67. The lowest BCUT2D eigenvalue weighted by Crippen LogP contribution is -2.13. The van der Waals surface area contributed by atoms with Gasteiger partial charge in [-0.25, -0.2) is 9.97 Å². The molecular formula is C11H14N4S. The van der Waals surface area contributed by atoms with E-state index in [1.807, 2.05) is 24.0 Å². The standard InChI is InChI=1S/C11H14N4S/c1-15-6-5-13-10(15)11-14-9(7-16-11)8-3-2-4-12-8/h5-8,12H,2-4H2,1H3/t8-/m0/s1. The fourth-order valence-electron chi connectivity index (χ4n) is 2.06. The molecule has 0 aromatic carbocycles. The van der Waals surface area contributed by atoms with Crippen LogP contribution < -0.4 is 5.32 Å². The second-order valence-electron chi connectivity index (χ2n) is 4.09. The topological polar surface area (TPSA) is 42.7 Å². The lowest BCUT2D eigenvalue weighted by Gasteiger charge is -2.04. The van der Waals surface area contributed by atoms with Gasteiger partial charge < -0.3 is 9.88 Å². The molecule has 1 aliphatic heterocycles. The number of hydrogen-bond acceptors (Lipinski definition) is 4. The first-order valence-electron chi connectivity index (χ1n) is 5.51. The largest absolute Gasteiger partial charge is 0.332 e. The van der Waals surface area contributed by atoms with Crippen LogP contribution in [0.15, 0.2) is 17.8 Å². The Morgan fingerprint density at radius 3 is 3.19 bits per heavy atom. The van der Waals surface area contributed by atoms with Crippen molar-refractivity contribution in [3.8, 4) is 10.8 Å². The highest BCUT2D eigenvalue weighted by atomic mass is 32.1. The molecule has 1 N–H and O–H groups in total. The maximum Gasteiger partial charge on any atom is 0.168 e. The Morgan fingerprint density at radius 1 is 1.56 bits per heavy atom. The molecule has 16 heavy (non-hydrogen) atoms. The van der Waals surface area contributed by atoms with Crippen LogP contribution in [0.5, 0.6) is 0 Å². The van der Waals surface area contributed by atoms with E-state index < -0.39 is 0 Å². The summed E-state index contributed by atoms with van der Waals surface area (Å²) in [5.74, 6) is 0.953. The Kier molecular flexibility index (Phi) is 2.49. The fraction of sp³-hybridized carbons (Fsp3) is 0.455. The molecule has 1 saturated heterocycles. The average molecular weight is 234 g/mol. The Bertz CT molecular complexity index is 482. The van der Waals surface area contributed by atoms with Gasteiger partial charge in [-0.15, -0.1) is 11.3 Å². The SMILES string of the molecule is Cn1ccnc1-c1nc([C@@H]2CCCN2)cs1. The van der Waals surface area contributed by atoms with Gasteiger partial charge in [-0.2, -0.15) is 0 Å². The van der Waals surface area contributed by atoms with Crippen LogP contribution in [-0.2, 0) is 7.05 Å². The van der Waals surface area contributed by atoms with Crippen molar-refractivity contribution in [2.24, 2.45) is 7.05 Å². The van der Waals surface area contributed by atoms with Crippen LogP contribution in [-0.4, -0.2) is 21.1 Å². The van der Waals surface area contributed by atoms with Gasteiger partial charge in [-0.3, -0.25) is 0 Å². The molecule has 0 amide bonds. The summed E-state index contributed by atoms with van der Waals surface area (Å²) in [4.78, 5) is 8.98. The first-order valence-corrected chi connectivity index (χ1v) is 6.39. The van der Waals surface area contributed by atoms with E-state index in [-0.39, 0.29) is 0 Å². The fourth-order valence-corrected chi connectivity index (χ4v) is 2.97. The van der Waals surface area contributed by atoms with E-state index >= 15 is 0 Å². The Morgan fingerprint density at radius 2 is 2.50 bits per heavy atom. The van der Waals surface area contributed by atoms with Crippen LogP contribution in [0.3, 0.4) is 0 Å². The van der Waals surface area contributed by atoms with Crippen LogP contribution in [0.1, 0.15) is 24.6 Å². The van der Waals surface area contributed by atoms with Gasteiger partial charge in [0.05, 0.1) is 11.7 Å². The van der Waals surface area contributed by atoms with Gasteiger partial charge in [0.15, 0.2) is 10.8 Å². The van der Waals surface area contributed by atoms with Crippen molar-refractivity contribution < 1.29 is 0 Å². The maximum atomic E-state index is 4.67. The Hall–Kier alpha value is -1.20. The van der Waals surface area contributed by atoms with Crippen LogP contribution in [0.2, 0.25) is 0 Å². The second kappa shape index (κ2) is 3.99. The minimum absolute atomic E-state index is 0.449.